The molecular weight excluding hydrogens is 368 g/mol. The molecule has 7 nitrogen and oxygen atoms in total. The van der Waals surface area contributed by atoms with Gasteiger partial charge in [0.1, 0.15) is 11.5 Å². The number of anilines is 2. The summed E-state index contributed by atoms with van der Waals surface area (Å²) in [5.74, 6) is 0.183. The maximum atomic E-state index is 12.5. The van der Waals surface area contributed by atoms with Gasteiger partial charge in [0.2, 0.25) is 0 Å². The van der Waals surface area contributed by atoms with Crippen LogP contribution in [0.1, 0.15) is 34.2 Å². The molecule has 148 valence electrons. The van der Waals surface area contributed by atoms with E-state index in [9.17, 15) is 9.59 Å². The summed E-state index contributed by atoms with van der Waals surface area (Å²) in [5.41, 5.74) is 2.12. The Labute approximate surface area is 169 Å². The van der Waals surface area contributed by atoms with Crippen molar-refractivity contribution in [3.8, 4) is 11.4 Å². The lowest BCUT2D eigenvalue weighted by atomic mass is 10.2. The summed E-state index contributed by atoms with van der Waals surface area (Å²) in [4.78, 5) is 33.2. The van der Waals surface area contributed by atoms with Crippen molar-refractivity contribution in [2.45, 2.75) is 13.3 Å². The number of ether oxygens (including phenoxy) is 1. The third-order valence-corrected chi connectivity index (χ3v) is 4.08. The SMILES string of the molecule is CCCNC(=O)c1cc(Nc2cccc(C(=O)OC)c2)nc(-c2ccccc2)n1. The van der Waals surface area contributed by atoms with Gasteiger partial charge in [0.05, 0.1) is 12.7 Å². The minimum absolute atomic E-state index is 0.263. The molecule has 0 saturated carbocycles. The van der Waals surface area contributed by atoms with Crippen molar-refractivity contribution in [1.29, 1.82) is 0 Å². The van der Waals surface area contributed by atoms with E-state index in [1.165, 1.54) is 7.11 Å². The number of methoxy groups -OCH3 is 1. The summed E-state index contributed by atoms with van der Waals surface area (Å²) in [6, 6.07) is 17.9. The maximum Gasteiger partial charge on any atom is 0.337 e. The molecule has 0 saturated heterocycles. The molecule has 3 aromatic rings. The van der Waals surface area contributed by atoms with Gasteiger partial charge in [0, 0.05) is 23.9 Å². The van der Waals surface area contributed by atoms with E-state index in [-0.39, 0.29) is 11.6 Å². The molecule has 0 fully saturated rings. The Balaban J connectivity index is 1.97. The van der Waals surface area contributed by atoms with Crippen molar-refractivity contribution >= 4 is 23.4 Å². The molecule has 0 spiro atoms. The number of carbonyl (C=O) groups is 2. The Hall–Kier alpha value is -3.74. The van der Waals surface area contributed by atoms with E-state index in [1.807, 2.05) is 37.3 Å². The first-order chi connectivity index (χ1) is 14.1. The van der Waals surface area contributed by atoms with Crippen molar-refractivity contribution in [3.05, 3.63) is 71.9 Å². The summed E-state index contributed by atoms with van der Waals surface area (Å²) >= 11 is 0. The van der Waals surface area contributed by atoms with E-state index in [1.54, 1.807) is 30.3 Å². The van der Waals surface area contributed by atoms with Gasteiger partial charge in [-0.05, 0) is 24.6 Å². The van der Waals surface area contributed by atoms with Crippen LogP contribution in [-0.4, -0.2) is 35.5 Å². The normalized spacial score (nSPS) is 10.3. The Kier molecular flexibility index (Phi) is 6.52. The zero-order chi connectivity index (χ0) is 20.6. The highest BCUT2D eigenvalue weighted by atomic mass is 16.5. The molecule has 2 N–H and O–H groups in total. The van der Waals surface area contributed by atoms with Gasteiger partial charge in [-0.1, -0.05) is 43.3 Å². The number of esters is 1. The van der Waals surface area contributed by atoms with E-state index in [0.717, 1.165) is 12.0 Å². The first-order valence-electron chi connectivity index (χ1n) is 9.29. The predicted octanol–water partition coefficient (Wildman–Crippen LogP) is 3.81. The van der Waals surface area contributed by atoms with Crippen LogP contribution in [0, 0.1) is 0 Å². The number of hydrogen-bond acceptors (Lipinski definition) is 6. The smallest absolute Gasteiger partial charge is 0.337 e. The molecule has 3 rings (SSSR count). The lowest BCUT2D eigenvalue weighted by Gasteiger charge is -2.11. The van der Waals surface area contributed by atoms with Crippen molar-refractivity contribution in [3.63, 3.8) is 0 Å². The number of benzene rings is 2. The largest absolute Gasteiger partial charge is 0.465 e. The average molecular weight is 390 g/mol. The van der Waals surface area contributed by atoms with Crippen LogP contribution in [0.15, 0.2) is 60.7 Å². The summed E-state index contributed by atoms with van der Waals surface area (Å²) in [7, 11) is 1.33. The molecule has 1 amide bonds. The Bertz CT molecular complexity index is 1010. The van der Waals surface area contributed by atoms with Crippen LogP contribution in [0.5, 0.6) is 0 Å². The number of carbonyl (C=O) groups excluding carboxylic acids is 2. The zero-order valence-corrected chi connectivity index (χ0v) is 16.3. The van der Waals surface area contributed by atoms with Gasteiger partial charge in [-0.25, -0.2) is 14.8 Å². The average Bonchev–Trinajstić information content (AvgIpc) is 2.77. The summed E-state index contributed by atoms with van der Waals surface area (Å²) in [6.45, 7) is 2.55. The molecule has 2 aromatic carbocycles. The second-order valence-electron chi connectivity index (χ2n) is 6.28. The van der Waals surface area contributed by atoms with E-state index >= 15 is 0 Å². The highest BCUT2D eigenvalue weighted by Gasteiger charge is 2.13. The molecule has 0 atom stereocenters. The maximum absolute atomic E-state index is 12.5. The van der Waals surface area contributed by atoms with Crippen molar-refractivity contribution in [2.24, 2.45) is 0 Å². The van der Waals surface area contributed by atoms with Crippen LogP contribution < -0.4 is 10.6 Å². The van der Waals surface area contributed by atoms with Crippen LogP contribution in [0.25, 0.3) is 11.4 Å². The summed E-state index contributed by atoms with van der Waals surface area (Å²) in [6.07, 6.45) is 0.827. The minimum atomic E-state index is -0.430. The van der Waals surface area contributed by atoms with E-state index in [2.05, 4.69) is 20.6 Å². The topological polar surface area (TPSA) is 93.2 Å². The molecule has 1 aromatic heterocycles. The third kappa shape index (κ3) is 5.16. The van der Waals surface area contributed by atoms with Crippen molar-refractivity contribution in [2.75, 3.05) is 19.0 Å². The van der Waals surface area contributed by atoms with Crippen molar-refractivity contribution < 1.29 is 14.3 Å². The molecule has 1 heterocycles. The molecule has 0 bridgehead atoms. The standard InChI is InChI=1S/C22H22N4O3/c1-3-12-23-21(27)18-14-19(26-20(25-18)15-8-5-4-6-9-15)24-17-11-7-10-16(13-17)22(28)29-2/h4-11,13-14H,3,12H2,1-2H3,(H,23,27)(H,24,25,26). The number of amides is 1. The lowest BCUT2D eigenvalue weighted by Crippen LogP contribution is -2.25. The first-order valence-corrected chi connectivity index (χ1v) is 9.29. The number of rotatable bonds is 7. The molecule has 0 radical (unpaired) electrons. The molecule has 29 heavy (non-hydrogen) atoms. The minimum Gasteiger partial charge on any atom is -0.465 e. The molecule has 0 aliphatic carbocycles. The fourth-order valence-corrected chi connectivity index (χ4v) is 2.66. The lowest BCUT2D eigenvalue weighted by molar-refractivity contribution is 0.0600. The van der Waals surface area contributed by atoms with Crippen LogP contribution in [0.2, 0.25) is 0 Å². The van der Waals surface area contributed by atoms with Gasteiger partial charge < -0.3 is 15.4 Å². The summed E-state index contributed by atoms with van der Waals surface area (Å²) in [5, 5.41) is 5.98. The first kappa shape index (κ1) is 20.0. The van der Waals surface area contributed by atoms with Gasteiger partial charge in [-0.2, -0.15) is 0 Å². The molecule has 0 unspecified atom stereocenters. The van der Waals surface area contributed by atoms with Gasteiger partial charge in [0.15, 0.2) is 5.82 Å². The fraction of sp³-hybridized carbons (Fsp3) is 0.182. The van der Waals surface area contributed by atoms with Crippen LogP contribution >= 0.6 is 0 Å². The van der Waals surface area contributed by atoms with Gasteiger partial charge >= 0.3 is 5.97 Å². The highest BCUT2D eigenvalue weighted by Crippen LogP contribution is 2.21. The molecule has 7 heteroatoms. The Morgan fingerprint density at radius 3 is 2.52 bits per heavy atom. The number of nitrogens with zero attached hydrogens (tertiary/aromatic N) is 2. The fourth-order valence-electron chi connectivity index (χ4n) is 2.66. The highest BCUT2D eigenvalue weighted by molar-refractivity contribution is 5.94. The van der Waals surface area contributed by atoms with Crippen LogP contribution in [0.4, 0.5) is 11.5 Å². The Morgan fingerprint density at radius 1 is 1.00 bits per heavy atom. The number of nitrogens with one attached hydrogen (secondary N) is 2. The quantitative estimate of drug-likeness (QED) is 0.596. The van der Waals surface area contributed by atoms with Gasteiger partial charge in [0.25, 0.3) is 5.91 Å². The molecule has 0 aliphatic rings. The van der Waals surface area contributed by atoms with E-state index in [0.29, 0.717) is 29.4 Å². The predicted molar refractivity (Wildman–Crippen MR) is 111 cm³/mol. The third-order valence-electron chi connectivity index (χ3n) is 4.08. The number of hydrogen-bond donors (Lipinski definition) is 2. The molecular formula is C22H22N4O3. The van der Waals surface area contributed by atoms with Gasteiger partial charge in [-0.15, -0.1) is 0 Å². The molecule has 0 aliphatic heterocycles. The van der Waals surface area contributed by atoms with Crippen molar-refractivity contribution in [1.82, 2.24) is 15.3 Å². The summed E-state index contributed by atoms with van der Waals surface area (Å²) < 4.78 is 4.76. The van der Waals surface area contributed by atoms with Crippen LogP contribution in [0.3, 0.4) is 0 Å². The van der Waals surface area contributed by atoms with E-state index in [4.69, 9.17) is 4.74 Å². The monoisotopic (exact) mass is 390 g/mol. The number of aromatic nitrogens is 2. The van der Waals surface area contributed by atoms with Crippen LogP contribution in [-0.2, 0) is 4.74 Å². The van der Waals surface area contributed by atoms with E-state index < -0.39 is 5.97 Å². The zero-order valence-electron chi connectivity index (χ0n) is 16.3. The van der Waals surface area contributed by atoms with Gasteiger partial charge in [-0.3, -0.25) is 4.79 Å². The Morgan fingerprint density at radius 2 is 1.79 bits per heavy atom. The second kappa shape index (κ2) is 9.45. The second-order valence-corrected chi connectivity index (χ2v) is 6.28.